The molecule has 18 heavy (non-hydrogen) atoms. The summed E-state index contributed by atoms with van der Waals surface area (Å²) >= 11 is 0. The molecule has 0 radical (unpaired) electrons. The van der Waals surface area contributed by atoms with Crippen molar-refractivity contribution >= 4 is 10.8 Å². The minimum atomic E-state index is -1.32. The van der Waals surface area contributed by atoms with Crippen LogP contribution in [0.5, 0.6) is 0 Å². The second-order valence-electron chi connectivity index (χ2n) is 4.12. The lowest BCUT2D eigenvalue weighted by Crippen LogP contribution is -2.45. The second kappa shape index (κ2) is 3.81. The van der Waals surface area contributed by atoms with Gasteiger partial charge in [-0.05, 0) is 12.1 Å². The van der Waals surface area contributed by atoms with Gasteiger partial charge in [-0.25, -0.2) is 23.5 Å². The molecule has 94 valence electrons. The third kappa shape index (κ3) is 1.37. The van der Waals surface area contributed by atoms with Crippen LogP contribution in [0.4, 0.5) is 0 Å². The molecule has 2 unspecified atom stereocenters. The minimum Gasteiger partial charge on any atom is -0.252 e. The van der Waals surface area contributed by atoms with Crippen molar-refractivity contribution in [3.8, 4) is 0 Å². The average Bonchev–Trinajstić information content (AvgIpc) is 2.51. The van der Waals surface area contributed by atoms with Crippen LogP contribution in [-0.4, -0.2) is 18.1 Å². The molecule has 0 fully saturated rings. The van der Waals surface area contributed by atoms with Crippen LogP contribution >= 0.6 is 0 Å². The highest BCUT2D eigenvalue weighted by atomic mass is 32.2. The van der Waals surface area contributed by atoms with E-state index in [4.69, 9.17) is 0 Å². The van der Waals surface area contributed by atoms with Crippen molar-refractivity contribution in [1.82, 2.24) is 13.9 Å². The van der Waals surface area contributed by atoms with Crippen molar-refractivity contribution in [1.29, 1.82) is 0 Å². The molecule has 0 saturated carbocycles. The van der Waals surface area contributed by atoms with Crippen LogP contribution in [0.2, 0.25) is 0 Å². The fourth-order valence-electron chi connectivity index (χ4n) is 2.05. The Morgan fingerprint density at radius 1 is 1.17 bits per heavy atom. The lowest BCUT2D eigenvalue weighted by molar-refractivity contribution is 0.280. The molecule has 2 atom stereocenters. The van der Waals surface area contributed by atoms with E-state index in [-0.39, 0.29) is 5.69 Å². The predicted molar refractivity (Wildman–Crippen MR) is 65.8 cm³/mol. The molecular weight excluding hydrogens is 254 g/mol. The van der Waals surface area contributed by atoms with Gasteiger partial charge in [0.1, 0.15) is 0 Å². The summed E-state index contributed by atoms with van der Waals surface area (Å²) in [7, 11) is 0.104. The third-order valence-corrected chi connectivity index (χ3v) is 4.66. The maximum atomic E-state index is 12.3. The molecule has 7 heteroatoms. The van der Waals surface area contributed by atoms with Crippen molar-refractivity contribution < 1.29 is 4.21 Å². The number of nitrogens with zero attached hydrogens (tertiary/aromatic N) is 3. The van der Waals surface area contributed by atoms with Crippen LogP contribution in [0.15, 0.2) is 44.8 Å². The topological polar surface area (TPSA) is 66.0 Å². The van der Waals surface area contributed by atoms with Gasteiger partial charge >= 0.3 is 11.4 Å². The Bertz CT molecular complexity index is 741. The number of fused-ring (bicyclic) bond motifs is 1. The zero-order valence-electron chi connectivity index (χ0n) is 9.65. The molecule has 0 aliphatic carbocycles. The normalized spacial score (nSPS) is 19.1. The van der Waals surface area contributed by atoms with E-state index in [0.717, 1.165) is 4.57 Å². The second-order valence-corrected chi connectivity index (χ2v) is 5.73. The van der Waals surface area contributed by atoms with Crippen LogP contribution in [0.25, 0.3) is 0 Å². The quantitative estimate of drug-likeness (QED) is 0.746. The number of hydrogen-bond acceptors (Lipinski definition) is 3. The molecule has 0 saturated heterocycles. The SMILES string of the molecule is Cn1c(=O)n2n(c1=O)C(S(=O)c1ccccc1)C2. The monoisotopic (exact) mass is 265 g/mol. The Balaban J connectivity index is 2.03. The first-order valence-electron chi connectivity index (χ1n) is 5.45. The standard InChI is InChI=1S/C11H11N3O3S/c1-12-10(15)13-7-9(14(13)11(12)16)18(17)8-5-3-2-4-6-8/h2-6,9H,7H2,1H3. The molecule has 1 aromatic heterocycles. The number of hydrogen-bond donors (Lipinski definition) is 0. The van der Waals surface area contributed by atoms with Crippen molar-refractivity contribution in [2.75, 3.05) is 0 Å². The maximum absolute atomic E-state index is 12.3. The molecule has 2 aromatic rings. The van der Waals surface area contributed by atoms with Gasteiger partial charge in [0.2, 0.25) is 0 Å². The number of rotatable bonds is 2. The van der Waals surface area contributed by atoms with Crippen molar-refractivity contribution in [2.45, 2.75) is 16.8 Å². The molecule has 1 aliphatic rings. The molecular formula is C11H11N3O3S. The van der Waals surface area contributed by atoms with Gasteiger partial charge in [0.15, 0.2) is 5.37 Å². The van der Waals surface area contributed by atoms with Gasteiger partial charge in [-0.1, -0.05) is 18.2 Å². The van der Waals surface area contributed by atoms with Gasteiger partial charge in [-0.3, -0.25) is 4.21 Å². The van der Waals surface area contributed by atoms with E-state index in [1.807, 2.05) is 6.07 Å². The summed E-state index contributed by atoms with van der Waals surface area (Å²) in [5.41, 5.74) is -0.776. The molecule has 6 nitrogen and oxygen atoms in total. The molecule has 1 aliphatic heterocycles. The van der Waals surface area contributed by atoms with Crippen LogP contribution in [0.1, 0.15) is 5.37 Å². The van der Waals surface area contributed by atoms with Crippen molar-refractivity contribution in [2.24, 2.45) is 7.05 Å². The Kier molecular flexibility index (Phi) is 2.37. The fraction of sp³-hybridized carbons (Fsp3) is 0.273. The average molecular weight is 265 g/mol. The van der Waals surface area contributed by atoms with E-state index in [9.17, 15) is 13.8 Å². The van der Waals surface area contributed by atoms with Crippen LogP contribution in [0, 0.1) is 0 Å². The van der Waals surface area contributed by atoms with Crippen LogP contribution in [0.3, 0.4) is 0 Å². The summed E-state index contributed by atoms with van der Waals surface area (Å²) in [6.07, 6.45) is 0. The van der Waals surface area contributed by atoms with E-state index in [0.29, 0.717) is 11.4 Å². The van der Waals surface area contributed by atoms with Gasteiger partial charge < -0.3 is 0 Å². The summed E-state index contributed by atoms with van der Waals surface area (Å²) < 4.78 is 15.9. The van der Waals surface area contributed by atoms with E-state index < -0.39 is 21.9 Å². The van der Waals surface area contributed by atoms with Crippen LogP contribution < -0.4 is 11.4 Å². The molecule has 0 N–H and O–H groups in total. The third-order valence-electron chi connectivity index (χ3n) is 3.08. The van der Waals surface area contributed by atoms with Crippen molar-refractivity contribution in [3.63, 3.8) is 0 Å². The molecule has 3 rings (SSSR count). The summed E-state index contributed by atoms with van der Waals surface area (Å²) in [6.45, 7) is 0.316. The van der Waals surface area contributed by atoms with Crippen molar-refractivity contribution in [3.05, 3.63) is 51.3 Å². The molecule has 2 heterocycles. The Morgan fingerprint density at radius 3 is 2.44 bits per heavy atom. The Labute approximate surface area is 105 Å². The highest BCUT2D eigenvalue weighted by molar-refractivity contribution is 7.85. The minimum absolute atomic E-state index is 0.316. The fourth-order valence-corrected chi connectivity index (χ4v) is 3.45. The zero-order chi connectivity index (χ0) is 12.9. The van der Waals surface area contributed by atoms with Crippen LogP contribution in [-0.2, 0) is 24.4 Å². The highest BCUT2D eigenvalue weighted by Crippen LogP contribution is 2.24. The molecule has 1 aromatic carbocycles. The largest absolute Gasteiger partial charge is 0.348 e. The Hall–Kier alpha value is -1.89. The van der Waals surface area contributed by atoms with Gasteiger partial charge in [-0.15, -0.1) is 0 Å². The lowest BCUT2D eigenvalue weighted by Gasteiger charge is -2.28. The summed E-state index contributed by atoms with van der Waals surface area (Å²) in [6, 6.07) is 8.95. The molecule has 0 bridgehead atoms. The highest BCUT2D eigenvalue weighted by Gasteiger charge is 2.36. The number of aromatic nitrogens is 3. The van der Waals surface area contributed by atoms with Gasteiger partial charge in [0, 0.05) is 11.9 Å². The summed E-state index contributed by atoms with van der Waals surface area (Å²) in [5, 5.41) is -0.450. The predicted octanol–water partition coefficient (Wildman–Crippen LogP) is -0.332. The van der Waals surface area contributed by atoms with Gasteiger partial charge in [-0.2, -0.15) is 0 Å². The van der Waals surface area contributed by atoms with E-state index >= 15 is 0 Å². The van der Waals surface area contributed by atoms with E-state index in [1.165, 1.54) is 16.4 Å². The van der Waals surface area contributed by atoms with E-state index in [1.54, 1.807) is 24.3 Å². The first kappa shape index (κ1) is 11.2. The Morgan fingerprint density at radius 2 is 1.83 bits per heavy atom. The molecule has 0 spiro atoms. The smallest absolute Gasteiger partial charge is 0.252 e. The zero-order valence-corrected chi connectivity index (χ0v) is 10.5. The molecule has 0 amide bonds. The van der Waals surface area contributed by atoms with Gasteiger partial charge in [0.05, 0.1) is 17.3 Å². The summed E-state index contributed by atoms with van der Waals surface area (Å²) in [5.74, 6) is 0. The summed E-state index contributed by atoms with van der Waals surface area (Å²) in [4.78, 5) is 24.0. The lowest BCUT2D eigenvalue weighted by atomic mass is 10.4. The first-order valence-corrected chi connectivity index (χ1v) is 6.66. The first-order chi connectivity index (χ1) is 8.61. The van der Waals surface area contributed by atoms with E-state index in [2.05, 4.69) is 0 Å². The number of benzene rings is 1. The van der Waals surface area contributed by atoms with Gasteiger partial charge in [0.25, 0.3) is 0 Å². The maximum Gasteiger partial charge on any atom is 0.348 e.